The zero-order chi connectivity index (χ0) is 16.1. The molecule has 1 fully saturated rings. The summed E-state index contributed by atoms with van der Waals surface area (Å²) in [5.74, 6) is 0.711. The topological polar surface area (TPSA) is 46.2 Å². The number of rotatable bonds is 2. The molecule has 22 heavy (non-hydrogen) atoms. The zero-order valence-corrected chi connectivity index (χ0v) is 14.2. The molecule has 3 aliphatic rings. The predicted octanol–water partition coefficient (Wildman–Crippen LogP) is 3.76. The molecule has 0 saturated heterocycles. The Balaban J connectivity index is 1.96. The lowest BCUT2D eigenvalue weighted by molar-refractivity contribution is -0.124. The molecule has 4 atom stereocenters. The molecule has 3 nitrogen and oxygen atoms in total. The lowest BCUT2D eigenvalue weighted by atomic mass is 9.47. The second kappa shape index (κ2) is 5.07. The van der Waals surface area contributed by atoms with E-state index in [4.69, 9.17) is 0 Å². The van der Waals surface area contributed by atoms with Crippen molar-refractivity contribution in [2.45, 2.75) is 59.8 Å². The van der Waals surface area contributed by atoms with E-state index in [1.54, 1.807) is 0 Å². The molecular formula is C19H27NO2. The summed E-state index contributed by atoms with van der Waals surface area (Å²) in [7, 11) is 0. The minimum Gasteiger partial charge on any atom is -0.289 e. The molecule has 1 saturated carbocycles. The summed E-state index contributed by atoms with van der Waals surface area (Å²) in [6, 6.07) is 0. The molecule has 0 radical (unpaired) electrons. The van der Waals surface area contributed by atoms with Crippen molar-refractivity contribution in [3.05, 3.63) is 23.3 Å². The molecule has 120 valence electrons. The van der Waals surface area contributed by atoms with Gasteiger partial charge >= 0.3 is 0 Å². The molecule has 3 rings (SSSR count). The molecular weight excluding hydrogens is 274 g/mol. The fraction of sp³-hybridized carbons (Fsp3) is 0.684. The fourth-order valence-corrected chi connectivity index (χ4v) is 5.20. The Labute approximate surface area is 133 Å². The summed E-state index contributed by atoms with van der Waals surface area (Å²) in [6.07, 6.45) is 9.39. The fourth-order valence-electron chi connectivity index (χ4n) is 5.20. The molecule has 0 bridgehead atoms. The van der Waals surface area contributed by atoms with E-state index in [-0.39, 0.29) is 22.6 Å². The SMILES string of the molecule is CC1=CCCC2C1(C)CCC(C)C2(C)CC1=CC(=O)NC1=O. The number of amides is 2. The first-order valence-electron chi connectivity index (χ1n) is 8.50. The van der Waals surface area contributed by atoms with Gasteiger partial charge in [0.25, 0.3) is 11.8 Å². The Hall–Kier alpha value is -1.38. The Kier molecular flexibility index (Phi) is 3.58. The van der Waals surface area contributed by atoms with E-state index in [0.29, 0.717) is 17.4 Å². The summed E-state index contributed by atoms with van der Waals surface area (Å²) in [5.41, 5.74) is 2.52. The molecule has 2 aliphatic carbocycles. The molecule has 1 heterocycles. The normalized spacial score (nSPS) is 41.6. The Morgan fingerprint density at radius 1 is 1.27 bits per heavy atom. The van der Waals surface area contributed by atoms with Crippen molar-refractivity contribution in [2.24, 2.45) is 22.7 Å². The van der Waals surface area contributed by atoms with Crippen molar-refractivity contribution < 1.29 is 9.59 Å². The second-order valence-electron chi connectivity index (χ2n) is 8.04. The van der Waals surface area contributed by atoms with Crippen LogP contribution in [0.3, 0.4) is 0 Å². The molecule has 4 unspecified atom stereocenters. The molecule has 0 aromatic carbocycles. The number of hydrogen-bond donors (Lipinski definition) is 1. The van der Waals surface area contributed by atoms with Crippen molar-refractivity contribution in [1.82, 2.24) is 5.32 Å². The van der Waals surface area contributed by atoms with E-state index in [2.05, 4.69) is 39.1 Å². The van der Waals surface area contributed by atoms with Crippen molar-refractivity contribution in [2.75, 3.05) is 0 Å². The number of carbonyl (C=O) groups excluding carboxylic acids is 2. The second-order valence-corrected chi connectivity index (χ2v) is 8.04. The van der Waals surface area contributed by atoms with Crippen molar-refractivity contribution >= 4 is 11.8 Å². The van der Waals surface area contributed by atoms with Gasteiger partial charge in [0.05, 0.1) is 0 Å². The number of imide groups is 1. The maximum atomic E-state index is 12.0. The van der Waals surface area contributed by atoms with Crippen molar-refractivity contribution in [3.63, 3.8) is 0 Å². The van der Waals surface area contributed by atoms with E-state index in [0.717, 1.165) is 12.8 Å². The highest BCUT2D eigenvalue weighted by molar-refractivity contribution is 6.16. The first-order valence-corrected chi connectivity index (χ1v) is 8.50. The van der Waals surface area contributed by atoms with Crippen LogP contribution in [0, 0.1) is 22.7 Å². The summed E-state index contributed by atoms with van der Waals surface area (Å²) in [4.78, 5) is 23.5. The highest BCUT2D eigenvalue weighted by Gasteiger charge is 2.53. The van der Waals surface area contributed by atoms with Gasteiger partial charge in [-0.05, 0) is 61.7 Å². The Morgan fingerprint density at radius 2 is 2.00 bits per heavy atom. The van der Waals surface area contributed by atoms with Gasteiger partial charge in [-0.1, -0.05) is 32.4 Å². The van der Waals surface area contributed by atoms with E-state index < -0.39 is 0 Å². The van der Waals surface area contributed by atoms with Crippen LogP contribution in [0.4, 0.5) is 0 Å². The lowest BCUT2D eigenvalue weighted by Crippen LogP contribution is -2.50. The smallest absolute Gasteiger partial charge is 0.254 e. The average molecular weight is 301 g/mol. The van der Waals surface area contributed by atoms with Crippen LogP contribution in [-0.4, -0.2) is 11.8 Å². The molecule has 0 aromatic heterocycles. The highest BCUT2D eigenvalue weighted by Crippen LogP contribution is 2.62. The summed E-state index contributed by atoms with van der Waals surface area (Å²) in [5, 5.41) is 2.40. The monoisotopic (exact) mass is 301 g/mol. The summed E-state index contributed by atoms with van der Waals surface area (Å²) < 4.78 is 0. The van der Waals surface area contributed by atoms with Gasteiger partial charge < -0.3 is 0 Å². The number of allylic oxidation sites excluding steroid dienone is 2. The van der Waals surface area contributed by atoms with Gasteiger partial charge in [0.15, 0.2) is 0 Å². The highest BCUT2D eigenvalue weighted by atomic mass is 16.2. The van der Waals surface area contributed by atoms with Gasteiger partial charge in [-0.2, -0.15) is 0 Å². The third kappa shape index (κ3) is 2.17. The molecule has 0 spiro atoms. The first kappa shape index (κ1) is 15.5. The molecule has 2 amide bonds. The van der Waals surface area contributed by atoms with Crippen molar-refractivity contribution in [1.29, 1.82) is 0 Å². The molecule has 1 aliphatic heterocycles. The van der Waals surface area contributed by atoms with Crippen LogP contribution in [0.2, 0.25) is 0 Å². The van der Waals surface area contributed by atoms with Crippen LogP contribution in [0.25, 0.3) is 0 Å². The van der Waals surface area contributed by atoms with Crippen LogP contribution in [0.15, 0.2) is 23.3 Å². The number of nitrogens with one attached hydrogen (secondary N) is 1. The Bertz CT molecular complexity index is 588. The van der Waals surface area contributed by atoms with E-state index in [9.17, 15) is 9.59 Å². The van der Waals surface area contributed by atoms with Gasteiger partial charge in [-0.25, -0.2) is 0 Å². The number of fused-ring (bicyclic) bond motifs is 1. The molecule has 0 aromatic rings. The quantitative estimate of drug-likeness (QED) is 0.623. The summed E-state index contributed by atoms with van der Waals surface area (Å²) in [6.45, 7) is 9.34. The minimum atomic E-state index is -0.255. The van der Waals surface area contributed by atoms with Crippen LogP contribution in [0.1, 0.15) is 59.8 Å². The van der Waals surface area contributed by atoms with Gasteiger partial charge in [-0.15, -0.1) is 0 Å². The first-order chi connectivity index (χ1) is 10.3. The van der Waals surface area contributed by atoms with Crippen LogP contribution in [-0.2, 0) is 9.59 Å². The van der Waals surface area contributed by atoms with E-state index in [1.165, 1.54) is 30.9 Å². The standard InChI is InChI=1S/C19H27NO2/c1-12-6-5-7-15-18(12,3)9-8-13(2)19(15,4)11-14-10-16(21)20-17(14)22/h6,10,13,15H,5,7-9,11H2,1-4H3,(H,20,21,22). The largest absolute Gasteiger partial charge is 0.289 e. The third-order valence-electron chi connectivity index (χ3n) is 7.00. The molecule has 1 N–H and O–H groups in total. The van der Waals surface area contributed by atoms with Crippen LogP contribution >= 0.6 is 0 Å². The maximum absolute atomic E-state index is 12.0. The zero-order valence-electron chi connectivity index (χ0n) is 14.2. The van der Waals surface area contributed by atoms with Gasteiger partial charge in [0, 0.05) is 11.6 Å². The van der Waals surface area contributed by atoms with Crippen molar-refractivity contribution in [3.8, 4) is 0 Å². The van der Waals surface area contributed by atoms with Gasteiger partial charge in [0.1, 0.15) is 0 Å². The lowest BCUT2D eigenvalue weighted by Gasteiger charge is -2.58. The average Bonchev–Trinajstić information content (AvgIpc) is 2.75. The minimum absolute atomic E-state index is 0.0797. The van der Waals surface area contributed by atoms with Gasteiger partial charge in [-0.3, -0.25) is 14.9 Å². The van der Waals surface area contributed by atoms with E-state index in [1.807, 2.05) is 0 Å². The van der Waals surface area contributed by atoms with Crippen LogP contribution < -0.4 is 5.32 Å². The van der Waals surface area contributed by atoms with Gasteiger partial charge in [0.2, 0.25) is 0 Å². The predicted molar refractivity (Wildman–Crippen MR) is 86.9 cm³/mol. The number of hydrogen-bond acceptors (Lipinski definition) is 2. The Morgan fingerprint density at radius 3 is 2.64 bits per heavy atom. The summed E-state index contributed by atoms with van der Waals surface area (Å²) >= 11 is 0. The molecule has 3 heteroatoms. The maximum Gasteiger partial charge on any atom is 0.254 e. The number of carbonyl (C=O) groups is 2. The third-order valence-corrected chi connectivity index (χ3v) is 7.00. The van der Waals surface area contributed by atoms with Crippen LogP contribution in [0.5, 0.6) is 0 Å². The van der Waals surface area contributed by atoms with E-state index >= 15 is 0 Å².